The number of nitrogens with zero attached hydrogens (tertiary/aromatic N) is 1. The Morgan fingerprint density at radius 1 is 1.03 bits per heavy atom. The van der Waals surface area contributed by atoms with E-state index in [4.69, 9.17) is 16.3 Å². The zero-order valence-electron chi connectivity index (χ0n) is 16.3. The van der Waals surface area contributed by atoms with Crippen molar-refractivity contribution in [2.75, 3.05) is 5.32 Å². The molecule has 0 unspecified atom stereocenters. The Labute approximate surface area is 179 Å². The molecule has 3 aromatic rings. The molecule has 0 radical (unpaired) electrons. The summed E-state index contributed by atoms with van der Waals surface area (Å²) in [5, 5.41) is 7.31. The van der Waals surface area contributed by atoms with E-state index in [2.05, 4.69) is 15.8 Å². The summed E-state index contributed by atoms with van der Waals surface area (Å²) in [6.45, 7) is 1.76. The van der Waals surface area contributed by atoms with Gasteiger partial charge in [-0.2, -0.15) is 5.10 Å². The molecule has 0 aliphatic carbocycles. The Morgan fingerprint density at radius 2 is 1.83 bits per heavy atom. The van der Waals surface area contributed by atoms with Crippen molar-refractivity contribution < 1.29 is 14.3 Å². The Bertz CT molecular complexity index is 1080. The summed E-state index contributed by atoms with van der Waals surface area (Å²) in [5.74, 6) is 0.0267. The van der Waals surface area contributed by atoms with Gasteiger partial charge in [0.15, 0.2) is 0 Å². The van der Waals surface area contributed by atoms with Crippen molar-refractivity contribution >= 4 is 35.3 Å². The summed E-state index contributed by atoms with van der Waals surface area (Å²) < 4.78 is 5.87. The Hall–Kier alpha value is -3.64. The van der Waals surface area contributed by atoms with Crippen molar-refractivity contribution in [2.45, 2.75) is 13.5 Å². The molecular formula is C23H20ClN3O3. The third-order valence-electron chi connectivity index (χ3n) is 4.02. The number of hydrazone groups is 1. The van der Waals surface area contributed by atoms with E-state index in [-0.39, 0.29) is 5.91 Å². The van der Waals surface area contributed by atoms with E-state index in [0.717, 1.165) is 5.56 Å². The lowest BCUT2D eigenvalue weighted by atomic mass is 10.2. The third-order valence-corrected chi connectivity index (χ3v) is 4.25. The second-order valence-corrected chi connectivity index (χ2v) is 6.85. The topological polar surface area (TPSA) is 79.8 Å². The van der Waals surface area contributed by atoms with Gasteiger partial charge >= 0.3 is 0 Å². The molecule has 3 rings (SSSR count). The van der Waals surface area contributed by atoms with Crippen LogP contribution in [0, 0.1) is 0 Å². The van der Waals surface area contributed by atoms with Crippen LogP contribution in [0.15, 0.2) is 77.9 Å². The Kier molecular flexibility index (Phi) is 7.19. The molecule has 30 heavy (non-hydrogen) atoms. The van der Waals surface area contributed by atoms with Gasteiger partial charge in [-0.25, -0.2) is 5.43 Å². The highest BCUT2D eigenvalue weighted by molar-refractivity contribution is 6.30. The van der Waals surface area contributed by atoms with E-state index in [1.54, 1.807) is 30.3 Å². The summed E-state index contributed by atoms with van der Waals surface area (Å²) in [6.07, 6.45) is 1.52. The number of rotatable bonds is 7. The van der Waals surface area contributed by atoms with E-state index < -0.39 is 5.91 Å². The van der Waals surface area contributed by atoms with Crippen molar-refractivity contribution in [1.29, 1.82) is 0 Å². The van der Waals surface area contributed by atoms with Gasteiger partial charge in [0.25, 0.3) is 5.91 Å². The van der Waals surface area contributed by atoms with Crippen LogP contribution in [0.25, 0.3) is 0 Å². The van der Waals surface area contributed by atoms with Gasteiger partial charge in [0.1, 0.15) is 12.4 Å². The Balaban J connectivity index is 1.63. The summed E-state index contributed by atoms with van der Waals surface area (Å²) >= 11 is 6.00. The fourth-order valence-electron chi connectivity index (χ4n) is 2.67. The summed E-state index contributed by atoms with van der Waals surface area (Å²) in [7, 11) is 0. The second kappa shape index (κ2) is 10.2. The molecule has 0 aromatic heterocycles. The lowest BCUT2D eigenvalue weighted by Crippen LogP contribution is -2.18. The van der Waals surface area contributed by atoms with Gasteiger partial charge in [0.05, 0.1) is 6.21 Å². The first-order chi connectivity index (χ1) is 14.5. The number of amides is 2. The number of anilines is 1. The smallest absolute Gasteiger partial charge is 0.271 e. The lowest BCUT2D eigenvalue weighted by molar-refractivity contribution is -0.114. The van der Waals surface area contributed by atoms with Gasteiger partial charge in [-0.3, -0.25) is 9.59 Å². The van der Waals surface area contributed by atoms with E-state index >= 15 is 0 Å². The van der Waals surface area contributed by atoms with Crippen LogP contribution in [0.1, 0.15) is 28.4 Å². The number of para-hydroxylation sites is 1. The van der Waals surface area contributed by atoms with Crippen molar-refractivity contribution in [3.8, 4) is 5.75 Å². The van der Waals surface area contributed by atoms with Gasteiger partial charge in [0, 0.05) is 28.8 Å². The van der Waals surface area contributed by atoms with Crippen molar-refractivity contribution in [3.05, 3.63) is 94.5 Å². The normalized spacial score (nSPS) is 10.6. The van der Waals surface area contributed by atoms with E-state index in [9.17, 15) is 9.59 Å². The first kappa shape index (κ1) is 21.1. The summed E-state index contributed by atoms with van der Waals surface area (Å²) in [4.78, 5) is 23.5. The predicted octanol–water partition coefficient (Wildman–Crippen LogP) is 4.64. The van der Waals surface area contributed by atoms with E-state index in [1.807, 2.05) is 42.5 Å². The molecule has 6 nitrogen and oxygen atoms in total. The van der Waals surface area contributed by atoms with Crippen LogP contribution in [-0.4, -0.2) is 18.0 Å². The molecule has 152 valence electrons. The molecule has 0 atom stereocenters. The van der Waals surface area contributed by atoms with Crippen molar-refractivity contribution in [3.63, 3.8) is 0 Å². The highest BCUT2D eigenvalue weighted by Gasteiger charge is 2.06. The molecule has 0 aliphatic heterocycles. The van der Waals surface area contributed by atoms with Gasteiger partial charge < -0.3 is 10.1 Å². The minimum absolute atomic E-state index is 0.208. The number of halogens is 1. The number of hydrogen-bond donors (Lipinski definition) is 2. The Morgan fingerprint density at radius 3 is 2.63 bits per heavy atom. The molecule has 0 heterocycles. The standard InChI is InChI=1S/C23H20ClN3O3/c1-16(28)26-21-10-5-8-18(13-21)23(29)27-25-14-19-7-2-3-11-22(19)30-15-17-6-4-9-20(24)12-17/h2-14H,15H2,1H3,(H,26,28)(H,27,29). The number of ether oxygens (including phenoxy) is 1. The fraction of sp³-hybridized carbons (Fsp3) is 0.0870. The maximum absolute atomic E-state index is 12.3. The molecule has 0 aliphatic rings. The quantitative estimate of drug-likeness (QED) is 0.430. The number of benzene rings is 3. The van der Waals surface area contributed by atoms with Crippen LogP contribution in [0.2, 0.25) is 5.02 Å². The number of carbonyl (C=O) groups excluding carboxylic acids is 2. The molecule has 2 N–H and O–H groups in total. The van der Waals surface area contributed by atoms with Gasteiger partial charge in [0.2, 0.25) is 5.91 Å². The lowest BCUT2D eigenvalue weighted by Gasteiger charge is -2.09. The van der Waals surface area contributed by atoms with Crippen LogP contribution in [-0.2, 0) is 11.4 Å². The molecule has 0 fully saturated rings. The van der Waals surface area contributed by atoms with Crippen LogP contribution in [0.3, 0.4) is 0 Å². The second-order valence-electron chi connectivity index (χ2n) is 6.42. The van der Waals surface area contributed by atoms with Crippen LogP contribution in [0.4, 0.5) is 5.69 Å². The molecule has 3 aromatic carbocycles. The molecule has 7 heteroatoms. The van der Waals surface area contributed by atoms with Crippen LogP contribution < -0.4 is 15.5 Å². The molecular weight excluding hydrogens is 402 g/mol. The highest BCUT2D eigenvalue weighted by atomic mass is 35.5. The SMILES string of the molecule is CC(=O)Nc1cccc(C(=O)NN=Cc2ccccc2OCc2cccc(Cl)c2)c1. The average Bonchev–Trinajstić information content (AvgIpc) is 2.73. The van der Waals surface area contributed by atoms with Crippen LogP contribution >= 0.6 is 11.6 Å². The third kappa shape index (κ3) is 6.18. The molecule has 0 saturated carbocycles. The van der Waals surface area contributed by atoms with Crippen molar-refractivity contribution in [2.24, 2.45) is 5.10 Å². The summed E-state index contributed by atoms with van der Waals surface area (Å²) in [5.41, 5.74) is 5.06. The monoisotopic (exact) mass is 421 g/mol. The largest absolute Gasteiger partial charge is 0.488 e. The van der Waals surface area contributed by atoms with Gasteiger partial charge in [-0.05, 0) is 48.0 Å². The minimum Gasteiger partial charge on any atom is -0.488 e. The molecule has 0 bridgehead atoms. The maximum Gasteiger partial charge on any atom is 0.271 e. The highest BCUT2D eigenvalue weighted by Crippen LogP contribution is 2.19. The number of carbonyl (C=O) groups is 2. The fourth-order valence-corrected chi connectivity index (χ4v) is 2.89. The maximum atomic E-state index is 12.3. The number of nitrogens with one attached hydrogen (secondary N) is 2. The zero-order chi connectivity index (χ0) is 21.3. The summed E-state index contributed by atoms with van der Waals surface area (Å²) in [6, 6.07) is 21.4. The van der Waals surface area contributed by atoms with Gasteiger partial charge in [-0.15, -0.1) is 0 Å². The zero-order valence-corrected chi connectivity index (χ0v) is 17.0. The van der Waals surface area contributed by atoms with Crippen LogP contribution in [0.5, 0.6) is 5.75 Å². The van der Waals surface area contributed by atoms with Gasteiger partial charge in [-0.1, -0.05) is 41.9 Å². The van der Waals surface area contributed by atoms with Crippen molar-refractivity contribution in [1.82, 2.24) is 5.43 Å². The molecule has 0 spiro atoms. The number of hydrogen-bond acceptors (Lipinski definition) is 4. The van der Waals surface area contributed by atoms with E-state index in [0.29, 0.717) is 34.2 Å². The molecule has 0 saturated heterocycles. The average molecular weight is 422 g/mol. The first-order valence-corrected chi connectivity index (χ1v) is 9.56. The first-order valence-electron chi connectivity index (χ1n) is 9.18. The van der Waals surface area contributed by atoms with E-state index in [1.165, 1.54) is 13.1 Å². The minimum atomic E-state index is -0.393. The predicted molar refractivity (Wildman–Crippen MR) is 118 cm³/mol. The molecule has 2 amide bonds.